The van der Waals surface area contributed by atoms with E-state index >= 15 is 0 Å². The van der Waals surface area contributed by atoms with E-state index in [1.807, 2.05) is 31.2 Å². The van der Waals surface area contributed by atoms with Gasteiger partial charge in [0.2, 0.25) is 0 Å². The normalized spacial score (nSPS) is 15.5. The van der Waals surface area contributed by atoms with E-state index in [0.29, 0.717) is 35.6 Å². The van der Waals surface area contributed by atoms with Gasteiger partial charge in [0.25, 0.3) is 5.56 Å². The van der Waals surface area contributed by atoms with Gasteiger partial charge < -0.3 is 14.0 Å². The number of aromatic nitrogens is 4. The molecule has 9 nitrogen and oxygen atoms in total. The molecule has 180 valence electrons. The highest BCUT2D eigenvalue weighted by atomic mass is 16.5. The van der Waals surface area contributed by atoms with Crippen LogP contribution in [0.2, 0.25) is 0 Å². The Bertz CT molecular complexity index is 1510. The fourth-order valence-corrected chi connectivity index (χ4v) is 4.54. The molecular weight excluding hydrogens is 448 g/mol. The molecule has 3 heterocycles. The maximum absolute atomic E-state index is 13.6. The summed E-state index contributed by atoms with van der Waals surface area (Å²) in [5.74, 6) is -0.413. The predicted octanol–water partition coefficient (Wildman–Crippen LogP) is 2.67. The lowest BCUT2D eigenvalue weighted by Crippen LogP contribution is -2.42. The number of fused-ring (bicyclic) bond motifs is 1. The third-order valence-electron chi connectivity index (χ3n) is 6.39. The van der Waals surface area contributed by atoms with Crippen LogP contribution in [0, 0.1) is 6.92 Å². The SMILES string of the molecule is COC(=O)c1ccc(Cn2cnc3c2c(=O)n(CC2CCCO2)c(=O)n3-c2ccccc2C)cc1. The van der Waals surface area contributed by atoms with Crippen molar-refractivity contribution in [3.8, 4) is 5.69 Å². The molecule has 0 amide bonds. The number of hydrogen-bond acceptors (Lipinski definition) is 6. The third kappa shape index (κ3) is 4.19. The Labute approximate surface area is 201 Å². The molecule has 0 spiro atoms. The Kier molecular flexibility index (Phi) is 6.08. The van der Waals surface area contributed by atoms with Gasteiger partial charge in [0.15, 0.2) is 11.2 Å². The number of carbonyl (C=O) groups is 1. The summed E-state index contributed by atoms with van der Waals surface area (Å²) in [7, 11) is 1.34. The Hall–Kier alpha value is -3.98. The van der Waals surface area contributed by atoms with Crippen molar-refractivity contribution >= 4 is 17.1 Å². The van der Waals surface area contributed by atoms with Crippen molar-refractivity contribution < 1.29 is 14.3 Å². The van der Waals surface area contributed by atoms with E-state index < -0.39 is 17.2 Å². The van der Waals surface area contributed by atoms with Crippen molar-refractivity contribution in [1.82, 2.24) is 18.7 Å². The number of carbonyl (C=O) groups excluding carboxylic acids is 1. The minimum Gasteiger partial charge on any atom is -0.465 e. The van der Waals surface area contributed by atoms with E-state index in [-0.39, 0.29) is 12.6 Å². The number of rotatable bonds is 6. The van der Waals surface area contributed by atoms with Gasteiger partial charge in [0.05, 0.1) is 37.3 Å². The molecule has 1 fully saturated rings. The average Bonchev–Trinajstić information content (AvgIpc) is 3.53. The van der Waals surface area contributed by atoms with Crippen LogP contribution in [0.5, 0.6) is 0 Å². The molecule has 4 aromatic rings. The van der Waals surface area contributed by atoms with Crippen molar-refractivity contribution in [2.75, 3.05) is 13.7 Å². The van der Waals surface area contributed by atoms with Crippen LogP contribution in [0.4, 0.5) is 0 Å². The van der Waals surface area contributed by atoms with E-state index in [1.54, 1.807) is 35.2 Å². The Morgan fingerprint density at radius 2 is 1.91 bits per heavy atom. The summed E-state index contributed by atoms with van der Waals surface area (Å²) < 4.78 is 15.0. The van der Waals surface area contributed by atoms with Crippen molar-refractivity contribution in [2.45, 2.75) is 39.0 Å². The van der Waals surface area contributed by atoms with Gasteiger partial charge >= 0.3 is 11.7 Å². The van der Waals surface area contributed by atoms with E-state index in [4.69, 9.17) is 9.47 Å². The highest BCUT2D eigenvalue weighted by molar-refractivity contribution is 5.89. The molecule has 2 aromatic carbocycles. The third-order valence-corrected chi connectivity index (χ3v) is 6.39. The molecule has 0 bridgehead atoms. The molecule has 1 aliphatic heterocycles. The molecule has 35 heavy (non-hydrogen) atoms. The van der Waals surface area contributed by atoms with Crippen LogP contribution in [0.25, 0.3) is 16.9 Å². The quantitative estimate of drug-likeness (QED) is 0.399. The monoisotopic (exact) mass is 474 g/mol. The van der Waals surface area contributed by atoms with Crippen LogP contribution in [-0.4, -0.2) is 44.5 Å². The summed E-state index contributed by atoms with van der Waals surface area (Å²) in [5.41, 5.74) is 2.71. The highest BCUT2D eigenvalue weighted by Gasteiger charge is 2.24. The number of methoxy groups -OCH3 is 1. The van der Waals surface area contributed by atoms with Crippen LogP contribution in [0.1, 0.15) is 34.3 Å². The standard InChI is InChI=1S/C26H26N4O5/c1-17-6-3-4-8-21(17)30-23-22(24(31)29(26(30)33)15-20-7-5-13-35-20)28(16-27-23)14-18-9-11-19(12-10-18)25(32)34-2/h3-4,6,8-12,16,20H,5,7,13-15H2,1-2H3. The number of esters is 1. The lowest BCUT2D eigenvalue weighted by atomic mass is 10.1. The molecule has 0 radical (unpaired) electrons. The molecule has 1 aliphatic rings. The van der Waals surface area contributed by atoms with Gasteiger partial charge in [-0.15, -0.1) is 0 Å². The van der Waals surface area contributed by atoms with Crippen LogP contribution in [0.15, 0.2) is 64.4 Å². The maximum Gasteiger partial charge on any atom is 0.337 e. The van der Waals surface area contributed by atoms with E-state index in [9.17, 15) is 14.4 Å². The highest BCUT2D eigenvalue weighted by Crippen LogP contribution is 2.19. The molecule has 0 N–H and O–H groups in total. The summed E-state index contributed by atoms with van der Waals surface area (Å²) in [5, 5.41) is 0. The van der Waals surface area contributed by atoms with E-state index in [0.717, 1.165) is 24.0 Å². The van der Waals surface area contributed by atoms with Gasteiger partial charge in [-0.1, -0.05) is 30.3 Å². The summed E-state index contributed by atoms with van der Waals surface area (Å²) in [4.78, 5) is 43.5. The predicted molar refractivity (Wildman–Crippen MR) is 130 cm³/mol. The van der Waals surface area contributed by atoms with Gasteiger partial charge in [-0.05, 0) is 49.1 Å². The maximum atomic E-state index is 13.6. The van der Waals surface area contributed by atoms with Crippen molar-refractivity contribution in [2.24, 2.45) is 0 Å². The largest absolute Gasteiger partial charge is 0.465 e. The number of aryl methyl sites for hydroxylation is 1. The van der Waals surface area contributed by atoms with Crippen LogP contribution < -0.4 is 11.2 Å². The van der Waals surface area contributed by atoms with E-state index in [2.05, 4.69) is 4.98 Å². The molecule has 0 aliphatic carbocycles. The first kappa shape index (κ1) is 22.8. The molecule has 2 aromatic heterocycles. The van der Waals surface area contributed by atoms with Gasteiger partial charge in [0, 0.05) is 13.2 Å². The zero-order chi connectivity index (χ0) is 24.5. The van der Waals surface area contributed by atoms with Crippen LogP contribution >= 0.6 is 0 Å². The molecule has 5 rings (SSSR count). The first-order valence-electron chi connectivity index (χ1n) is 11.5. The van der Waals surface area contributed by atoms with Crippen LogP contribution in [-0.2, 0) is 22.6 Å². The number of benzene rings is 2. The van der Waals surface area contributed by atoms with Crippen molar-refractivity contribution in [1.29, 1.82) is 0 Å². The Morgan fingerprint density at radius 1 is 1.14 bits per heavy atom. The van der Waals surface area contributed by atoms with Crippen molar-refractivity contribution in [3.63, 3.8) is 0 Å². The summed E-state index contributed by atoms with van der Waals surface area (Å²) >= 11 is 0. The average molecular weight is 475 g/mol. The molecule has 9 heteroatoms. The second kappa shape index (κ2) is 9.34. The molecule has 0 saturated carbocycles. The molecule has 1 saturated heterocycles. The Balaban J connectivity index is 1.66. The summed E-state index contributed by atoms with van der Waals surface area (Å²) in [6.07, 6.45) is 3.11. The summed E-state index contributed by atoms with van der Waals surface area (Å²) in [6, 6.07) is 14.5. The minimum absolute atomic E-state index is 0.176. The smallest absolute Gasteiger partial charge is 0.337 e. The fourth-order valence-electron chi connectivity index (χ4n) is 4.54. The number of ether oxygens (including phenoxy) is 2. The van der Waals surface area contributed by atoms with Gasteiger partial charge in [0.1, 0.15) is 0 Å². The molecule has 1 atom stereocenters. The zero-order valence-corrected chi connectivity index (χ0v) is 19.6. The van der Waals surface area contributed by atoms with Gasteiger partial charge in [-0.3, -0.25) is 9.36 Å². The zero-order valence-electron chi connectivity index (χ0n) is 19.6. The van der Waals surface area contributed by atoms with Crippen molar-refractivity contribution in [3.05, 3.63) is 92.4 Å². The lowest BCUT2D eigenvalue weighted by molar-refractivity contribution is 0.0600. The lowest BCUT2D eigenvalue weighted by Gasteiger charge is -2.16. The Morgan fingerprint density at radius 3 is 2.60 bits per heavy atom. The number of para-hydroxylation sites is 1. The number of hydrogen-bond donors (Lipinski definition) is 0. The molecule has 1 unspecified atom stereocenters. The number of nitrogens with zero attached hydrogens (tertiary/aromatic N) is 4. The number of imidazole rings is 1. The topological polar surface area (TPSA) is 97.4 Å². The van der Waals surface area contributed by atoms with E-state index in [1.165, 1.54) is 16.2 Å². The first-order valence-corrected chi connectivity index (χ1v) is 11.5. The second-order valence-corrected chi connectivity index (χ2v) is 8.69. The second-order valence-electron chi connectivity index (χ2n) is 8.69. The first-order chi connectivity index (χ1) is 17.0. The van der Waals surface area contributed by atoms with Gasteiger partial charge in [-0.25, -0.2) is 19.1 Å². The molecular formula is C26H26N4O5. The van der Waals surface area contributed by atoms with Crippen LogP contribution in [0.3, 0.4) is 0 Å². The summed E-state index contributed by atoms with van der Waals surface area (Å²) in [6.45, 7) is 3.09. The fraction of sp³-hybridized carbons (Fsp3) is 0.308. The van der Waals surface area contributed by atoms with Gasteiger partial charge in [-0.2, -0.15) is 0 Å². The minimum atomic E-state index is -0.431.